The average Bonchev–Trinajstić information content (AvgIpc) is 2.49. The van der Waals surface area contributed by atoms with Gasteiger partial charge in [-0.1, -0.05) is 23.9 Å². The fourth-order valence-corrected chi connectivity index (χ4v) is 1.82. The number of benzene rings is 2. The van der Waals surface area contributed by atoms with Crippen LogP contribution >= 0.6 is 0 Å². The summed E-state index contributed by atoms with van der Waals surface area (Å²) in [7, 11) is 0. The lowest BCUT2D eigenvalue weighted by molar-refractivity contribution is -0.385. The smallest absolute Gasteiger partial charge is 0.335 e. The van der Waals surface area contributed by atoms with Gasteiger partial charge >= 0.3 is 5.97 Å². The molecule has 8 nitrogen and oxygen atoms in total. The Bertz CT molecular complexity index is 772. The number of nitrogens with one attached hydrogen (secondary N) is 1. The van der Waals surface area contributed by atoms with Gasteiger partial charge in [-0.15, -0.1) is 0 Å². The standard InChI is InChI=1S/C14H10N2O6/c17-12-9(14(19)20)5-3-6-10(12)15-13(18)8-4-1-2-7-11(8)16(21)22/h1-7,17H,(H,15,18)(H,19,20)/p-1. The van der Waals surface area contributed by atoms with Crippen molar-refractivity contribution < 1.29 is 24.7 Å². The first-order chi connectivity index (χ1) is 10.4. The van der Waals surface area contributed by atoms with Crippen LogP contribution in [0.2, 0.25) is 0 Å². The van der Waals surface area contributed by atoms with Crippen LogP contribution < -0.4 is 10.4 Å². The van der Waals surface area contributed by atoms with E-state index in [0.717, 1.165) is 12.1 Å². The number of aromatic carboxylic acids is 1. The highest BCUT2D eigenvalue weighted by Crippen LogP contribution is 2.26. The molecule has 22 heavy (non-hydrogen) atoms. The van der Waals surface area contributed by atoms with Crippen molar-refractivity contribution in [3.63, 3.8) is 0 Å². The zero-order valence-corrected chi connectivity index (χ0v) is 11.0. The van der Waals surface area contributed by atoms with Gasteiger partial charge < -0.3 is 15.5 Å². The van der Waals surface area contributed by atoms with Crippen LogP contribution in [0.4, 0.5) is 11.4 Å². The average molecular weight is 301 g/mol. The van der Waals surface area contributed by atoms with Crippen molar-refractivity contribution in [1.29, 1.82) is 0 Å². The van der Waals surface area contributed by atoms with Gasteiger partial charge in [-0.05, 0) is 18.2 Å². The lowest BCUT2D eigenvalue weighted by Gasteiger charge is -2.16. The second kappa shape index (κ2) is 5.92. The molecule has 112 valence electrons. The molecule has 1 amide bonds. The number of carboxylic acids is 1. The van der Waals surface area contributed by atoms with Crippen LogP contribution in [0.1, 0.15) is 20.7 Å². The van der Waals surface area contributed by atoms with E-state index in [1.807, 2.05) is 0 Å². The number of nitro groups is 1. The Labute approximate surface area is 123 Å². The van der Waals surface area contributed by atoms with Gasteiger partial charge in [-0.3, -0.25) is 14.9 Å². The summed E-state index contributed by atoms with van der Waals surface area (Å²) in [4.78, 5) is 33.1. The summed E-state index contributed by atoms with van der Waals surface area (Å²) in [6.07, 6.45) is 0. The Balaban J connectivity index is 2.37. The molecule has 0 aromatic heterocycles. The Morgan fingerprint density at radius 1 is 1.05 bits per heavy atom. The van der Waals surface area contributed by atoms with Gasteiger partial charge in [-0.2, -0.15) is 0 Å². The lowest BCUT2D eigenvalue weighted by atomic mass is 10.1. The highest BCUT2D eigenvalue weighted by atomic mass is 16.6. The third-order valence-electron chi connectivity index (χ3n) is 2.84. The molecule has 2 rings (SSSR count). The first-order valence-electron chi connectivity index (χ1n) is 6.00. The topological polar surface area (TPSA) is 133 Å². The molecule has 0 aliphatic carbocycles. The third-order valence-corrected chi connectivity index (χ3v) is 2.84. The SMILES string of the molecule is O=C(Nc1cccc(C(=O)O)c1[O-])c1ccccc1[N+](=O)[O-]. The van der Waals surface area contributed by atoms with Crippen LogP contribution in [0, 0.1) is 10.1 Å². The Morgan fingerprint density at radius 2 is 1.68 bits per heavy atom. The fourth-order valence-electron chi connectivity index (χ4n) is 1.82. The van der Waals surface area contributed by atoms with Gasteiger partial charge in [0, 0.05) is 11.8 Å². The number of hydrogen-bond acceptors (Lipinski definition) is 5. The maximum absolute atomic E-state index is 12.1. The Hall–Kier alpha value is -3.42. The van der Waals surface area contributed by atoms with Crippen molar-refractivity contribution in [3.05, 3.63) is 63.7 Å². The monoisotopic (exact) mass is 301 g/mol. The summed E-state index contributed by atoms with van der Waals surface area (Å²) in [6, 6.07) is 8.85. The number of carboxylic acid groups (broad SMARTS) is 1. The Morgan fingerprint density at radius 3 is 2.32 bits per heavy atom. The molecule has 0 aliphatic rings. The van der Waals surface area contributed by atoms with Crippen molar-refractivity contribution in [2.45, 2.75) is 0 Å². The fraction of sp³-hybridized carbons (Fsp3) is 0. The van der Waals surface area contributed by atoms with E-state index in [-0.39, 0.29) is 11.3 Å². The number of amides is 1. The summed E-state index contributed by atoms with van der Waals surface area (Å²) in [5.74, 6) is -3.17. The van der Waals surface area contributed by atoms with E-state index >= 15 is 0 Å². The van der Waals surface area contributed by atoms with E-state index in [1.165, 1.54) is 30.3 Å². The maximum atomic E-state index is 12.1. The van der Waals surface area contributed by atoms with E-state index in [0.29, 0.717) is 0 Å². The minimum absolute atomic E-state index is 0.229. The first-order valence-corrected chi connectivity index (χ1v) is 6.00. The minimum Gasteiger partial charge on any atom is -0.870 e. The molecule has 0 atom stereocenters. The normalized spacial score (nSPS) is 10.0. The highest BCUT2D eigenvalue weighted by molar-refractivity contribution is 6.08. The maximum Gasteiger partial charge on any atom is 0.335 e. The number of carbonyl (C=O) groups excluding carboxylic acids is 1. The molecule has 0 aliphatic heterocycles. The van der Waals surface area contributed by atoms with Crippen LogP contribution in [0.25, 0.3) is 0 Å². The van der Waals surface area contributed by atoms with E-state index in [1.54, 1.807) is 0 Å². The predicted molar refractivity (Wildman–Crippen MR) is 73.9 cm³/mol. The second-order valence-electron chi connectivity index (χ2n) is 4.22. The molecule has 8 heteroatoms. The summed E-state index contributed by atoms with van der Waals surface area (Å²) < 4.78 is 0. The van der Waals surface area contributed by atoms with Gasteiger partial charge in [0.25, 0.3) is 11.6 Å². The molecule has 0 saturated carbocycles. The highest BCUT2D eigenvalue weighted by Gasteiger charge is 2.19. The largest absolute Gasteiger partial charge is 0.870 e. The van der Waals surface area contributed by atoms with E-state index < -0.39 is 33.8 Å². The summed E-state index contributed by atoms with van der Waals surface area (Å²) in [5.41, 5.74) is -1.40. The number of rotatable bonds is 4. The van der Waals surface area contributed by atoms with Crippen molar-refractivity contribution in [2.75, 3.05) is 5.32 Å². The van der Waals surface area contributed by atoms with Crippen LogP contribution in [-0.4, -0.2) is 21.9 Å². The zero-order valence-electron chi connectivity index (χ0n) is 11.0. The number of anilines is 1. The molecule has 2 N–H and O–H groups in total. The molecule has 0 bridgehead atoms. The molecule has 0 fully saturated rings. The summed E-state index contributed by atoms with van der Waals surface area (Å²) >= 11 is 0. The van der Waals surface area contributed by atoms with E-state index in [9.17, 15) is 24.8 Å². The molecule has 0 radical (unpaired) electrons. The molecule has 2 aromatic carbocycles. The van der Waals surface area contributed by atoms with Crippen LogP contribution in [-0.2, 0) is 0 Å². The van der Waals surface area contributed by atoms with Crippen LogP contribution in [0.5, 0.6) is 5.75 Å². The van der Waals surface area contributed by atoms with Gasteiger partial charge in [0.05, 0.1) is 10.5 Å². The van der Waals surface area contributed by atoms with E-state index in [4.69, 9.17) is 5.11 Å². The summed E-state index contributed by atoms with van der Waals surface area (Å²) in [5, 5.41) is 33.8. The molecule has 0 spiro atoms. The number of nitrogens with zero attached hydrogens (tertiary/aromatic N) is 1. The molecule has 0 saturated heterocycles. The van der Waals surface area contributed by atoms with Crippen molar-refractivity contribution in [2.24, 2.45) is 0 Å². The van der Waals surface area contributed by atoms with Crippen molar-refractivity contribution >= 4 is 23.3 Å². The molecule has 0 heterocycles. The first kappa shape index (κ1) is 15.0. The van der Waals surface area contributed by atoms with Crippen molar-refractivity contribution in [1.82, 2.24) is 0 Å². The van der Waals surface area contributed by atoms with E-state index in [2.05, 4.69) is 5.32 Å². The Kier molecular flexibility index (Phi) is 4.03. The molecular weight excluding hydrogens is 292 g/mol. The second-order valence-corrected chi connectivity index (χ2v) is 4.22. The number of nitro benzene ring substituents is 1. The quantitative estimate of drug-likeness (QED) is 0.651. The minimum atomic E-state index is -1.42. The molecule has 0 unspecified atom stereocenters. The zero-order chi connectivity index (χ0) is 16.3. The van der Waals surface area contributed by atoms with Crippen LogP contribution in [0.15, 0.2) is 42.5 Å². The van der Waals surface area contributed by atoms with Gasteiger partial charge in [0.1, 0.15) is 5.56 Å². The number of hydrogen-bond donors (Lipinski definition) is 2. The van der Waals surface area contributed by atoms with Gasteiger partial charge in [0.15, 0.2) is 0 Å². The lowest BCUT2D eigenvalue weighted by Crippen LogP contribution is -2.16. The third kappa shape index (κ3) is 2.85. The van der Waals surface area contributed by atoms with Crippen LogP contribution in [0.3, 0.4) is 0 Å². The molecule has 2 aromatic rings. The van der Waals surface area contributed by atoms with Gasteiger partial charge in [0.2, 0.25) is 0 Å². The molecular formula is C14H9N2O6-. The van der Waals surface area contributed by atoms with Crippen molar-refractivity contribution in [3.8, 4) is 5.75 Å². The predicted octanol–water partition coefficient (Wildman–Crippen LogP) is 1.62. The number of para-hydroxylation sites is 2. The summed E-state index contributed by atoms with van der Waals surface area (Å²) in [6.45, 7) is 0. The van der Waals surface area contributed by atoms with Gasteiger partial charge in [-0.25, -0.2) is 4.79 Å². The number of carbonyl (C=O) groups is 2.